The molecule has 0 N–H and O–H groups in total. The first-order valence-electron chi connectivity index (χ1n) is 6.76. The molecular formula is C16H11ClN4. The first-order valence-corrected chi connectivity index (χ1v) is 7.14. The minimum Gasteiger partial charge on any atom is -0.298 e. The number of pyridine rings is 2. The maximum atomic E-state index is 7.26. The highest BCUT2D eigenvalue weighted by Gasteiger charge is 2.24. The molecule has 3 heterocycles. The van der Waals surface area contributed by atoms with E-state index in [1.54, 1.807) is 23.0 Å². The van der Waals surface area contributed by atoms with Crippen LogP contribution in [0.5, 0.6) is 0 Å². The number of aromatic nitrogens is 3. The molecule has 3 aromatic heterocycles. The van der Waals surface area contributed by atoms with Gasteiger partial charge in [0.25, 0.3) is 0 Å². The van der Waals surface area contributed by atoms with Gasteiger partial charge in [0, 0.05) is 23.4 Å². The van der Waals surface area contributed by atoms with Crippen LogP contribution >= 0.6 is 11.6 Å². The largest absolute Gasteiger partial charge is 0.298 e. The zero-order valence-corrected chi connectivity index (χ0v) is 11.9. The molecule has 4 nitrogen and oxygen atoms in total. The normalized spacial score (nSPS) is 14.3. The van der Waals surface area contributed by atoms with Crippen molar-refractivity contribution in [3.8, 4) is 11.1 Å². The van der Waals surface area contributed by atoms with E-state index in [1.165, 1.54) is 12.8 Å². The number of fused-ring (bicyclic) bond motifs is 1. The van der Waals surface area contributed by atoms with Crippen LogP contribution in [-0.2, 0) is 0 Å². The molecule has 0 radical (unpaired) electrons. The molecular weight excluding hydrogens is 284 g/mol. The summed E-state index contributed by atoms with van der Waals surface area (Å²) in [7, 11) is 0. The van der Waals surface area contributed by atoms with Crippen molar-refractivity contribution in [1.82, 2.24) is 14.4 Å². The Morgan fingerprint density at radius 1 is 1.29 bits per heavy atom. The Hall–Kier alpha value is -2.38. The number of halogens is 1. The van der Waals surface area contributed by atoms with Crippen molar-refractivity contribution in [3.63, 3.8) is 0 Å². The van der Waals surface area contributed by atoms with Crippen LogP contribution in [-0.4, -0.2) is 14.4 Å². The molecule has 0 saturated heterocycles. The molecule has 102 valence electrons. The van der Waals surface area contributed by atoms with Gasteiger partial charge >= 0.3 is 0 Å². The summed E-state index contributed by atoms with van der Waals surface area (Å²) in [6.45, 7) is 7.26. The maximum Gasteiger partial charge on any atom is 0.222 e. The van der Waals surface area contributed by atoms with E-state index in [0.717, 1.165) is 22.3 Å². The van der Waals surface area contributed by atoms with Gasteiger partial charge in [0.05, 0.1) is 24.6 Å². The van der Waals surface area contributed by atoms with E-state index < -0.39 is 0 Å². The summed E-state index contributed by atoms with van der Waals surface area (Å²) in [6, 6.07) is 5.94. The number of nitrogens with zero attached hydrogens (tertiary/aromatic N) is 4. The maximum absolute atomic E-state index is 7.26. The summed E-state index contributed by atoms with van der Waals surface area (Å²) >= 11 is 6.21. The fourth-order valence-electron chi connectivity index (χ4n) is 2.54. The topological polar surface area (TPSA) is 34.5 Å². The highest BCUT2D eigenvalue weighted by molar-refractivity contribution is 6.32. The predicted octanol–water partition coefficient (Wildman–Crippen LogP) is 4.48. The molecule has 1 aliphatic rings. The van der Waals surface area contributed by atoms with E-state index in [4.69, 9.17) is 18.2 Å². The Morgan fingerprint density at radius 3 is 2.81 bits per heavy atom. The lowest BCUT2D eigenvalue weighted by molar-refractivity contribution is 1.02. The molecule has 0 aliphatic heterocycles. The lowest BCUT2D eigenvalue weighted by Gasteiger charge is -2.08. The van der Waals surface area contributed by atoms with Crippen molar-refractivity contribution in [2.45, 2.75) is 18.8 Å². The minimum atomic E-state index is 0.392. The molecule has 4 rings (SSSR count). The first kappa shape index (κ1) is 12.4. The SMILES string of the molecule is [C-]#[N+]c1cc(-c2ccc(C3CC3)nc2)c2cncn2c1Cl. The third-order valence-corrected chi connectivity index (χ3v) is 4.21. The fourth-order valence-corrected chi connectivity index (χ4v) is 2.77. The summed E-state index contributed by atoms with van der Waals surface area (Å²) in [5.74, 6) is 0.637. The molecule has 0 aromatic carbocycles. The Labute approximate surface area is 126 Å². The Balaban J connectivity index is 1.90. The van der Waals surface area contributed by atoms with Crippen LogP contribution in [0.25, 0.3) is 21.5 Å². The van der Waals surface area contributed by atoms with E-state index in [9.17, 15) is 0 Å². The van der Waals surface area contributed by atoms with Gasteiger partial charge < -0.3 is 0 Å². The summed E-state index contributed by atoms with van der Waals surface area (Å²) in [4.78, 5) is 12.2. The first-order chi connectivity index (χ1) is 10.3. The minimum absolute atomic E-state index is 0.392. The highest BCUT2D eigenvalue weighted by Crippen LogP contribution is 2.40. The van der Waals surface area contributed by atoms with Gasteiger partial charge in [-0.2, -0.15) is 0 Å². The third kappa shape index (κ3) is 1.98. The standard InChI is InChI=1S/C16H11ClN4/c1-18-14-6-12(15-8-19-9-21(15)16(14)17)11-4-5-13(20-7-11)10-2-3-10/h4-10H,2-3H2. The third-order valence-electron chi connectivity index (χ3n) is 3.83. The Bertz CT molecular complexity index is 870. The molecule has 0 spiro atoms. The van der Waals surface area contributed by atoms with Gasteiger partial charge in [-0.1, -0.05) is 17.7 Å². The van der Waals surface area contributed by atoms with Gasteiger partial charge in [-0.25, -0.2) is 9.83 Å². The van der Waals surface area contributed by atoms with Crippen LogP contribution in [0.3, 0.4) is 0 Å². The molecule has 5 heteroatoms. The molecule has 21 heavy (non-hydrogen) atoms. The predicted molar refractivity (Wildman–Crippen MR) is 81.7 cm³/mol. The molecule has 3 aromatic rings. The van der Waals surface area contributed by atoms with Crippen molar-refractivity contribution in [2.24, 2.45) is 0 Å². The highest BCUT2D eigenvalue weighted by atomic mass is 35.5. The van der Waals surface area contributed by atoms with Crippen LogP contribution in [0, 0.1) is 6.57 Å². The van der Waals surface area contributed by atoms with E-state index >= 15 is 0 Å². The van der Waals surface area contributed by atoms with Crippen LogP contribution < -0.4 is 0 Å². The van der Waals surface area contributed by atoms with Gasteiger partial charge in [-0.05, 0) is 30.5 Å². The van der Waals surface area contributed by atoms with Crippen molar-refractivity contribution in [1.29, 1.82) is 0 Å². The van der Waals surface area contributed by atoms with Gasteiger partial charge in [-0.15, -0.1) is 0 Å². The second-order valence-corrected chi connectivity index (χ2v) is 5.60. The summed E-state index contributed by atoms with van der Waals surface area (Å²) in [5, 5.41) is 0.392. The van der Waals surface area contributed by atoms with Gasteiger partial charge in [0.15, 0.2) is 0 Å². The van der Waals surface area contributed by atoms with Crippen molar-refractivity contribution in [2.75, 3.05) is 0 Å². The zero-order valence-electron chi connectivity index (χ0n) is 11.1. The molecule has 0 bridgehead atoms. The number of hydrogen-bond acceptors (Lipinski definition) is 2. The lowest BCUT2D eigenvalue weighted by atomic mass is 10.1. The van der Waals surface area contributed by atoms with E-state index in [2.05, 4.69) is 26.9 Å². The number of hydrogen-bond donors (Lipinski definition) is 0. The van der Waals surface area contributed by atoms with E-state index in [1.807, 2.05) is 6.20 Å². The molecule has 1 aliphatic carbocycles. The van der Waals surface area contributed by atoms with Crippen molar-refractivity contribution >= 4 is 22.8 Å². The summed E-state index contributed by atoms with van der Waals surface area (Å²) in [5.41, 5.74) is 4.36. The van der Waals surface area contributed by atoms with E-state index in [-0.39, 0.29) is 0 Å². The van der Waals surface area contributed by atoms with Crippen LogP contribution in [0.1, 0.15) is 24.5 Å². The summed E-state index contributed by atoms with van der Waals surface area (Å²) in [6.07, 6.45) is 7.73. The van der Waals surface area contributed by atoms with Crippen molar-refractivity contribution in [3.05, 3.63) is 59.2 Å². The molecule has 0 unspecified atom stereocenters. The molecule has 0 atom stereocenters. The van der Waals surface area contributed by atoms with Crippen LogP contribution in [0.2, 0.25) is 5.15 Å². The van der Waals surface area contributed by atoms with Crippen LogP contribution in [0.4, 0.5) is 5.69 Å². The van der Waals surface area contributed by atoms with Crippen LogP contribution in [0.15, 0.2) is 36.9 Å². The monoisotopic (exact) mass is 294 g/mol. The van der Waals surface area contributed by atoms with Gasteiger partial charge in [0.1, 0.15) is 5.15 Å². The van der Waals surface area contributed by atoms with Crippen molar-refractivity contribution < 1.29 is 0 Å². The van der Waals surface area contributed by atoms with Gasteiger partial charge in [-0.3, -0.25) is 9.38 Å². The summed E-state index contributed by atoms with van der Waals surface area (Å²) < 4.78 is 1.74. The number of imidazole rings is 1. The lowest BCUT2D eigenvalue weighted by Crippen LogP contribution is -1.91. The molecule has 1 fully saturated rings. The quantitative estimate of drug-likeness (QED) is 0.516. The smallest absolute Gasteiger partial charge is 0.222 e. The average Bonchev–Trinajstić information content (AvgIpc) is 3.25. The molecule has 0 amide bonds. The molecule has 1 saturated carbocycles. The average molecular weight is 295 g/mol. The Kier molecular flexibility index (Phi) is 2.69. The van der Waals surface area contributed by atoms with E-state index in [0.29, 0.717) is 16.8 Å². The number of rotatable bonds is 2. The second-order valence-electron chi connectivity index (χ2n) is 5.24. The van der Waals surface area contributed by atoms with Gasteiger partial charge in [0.2, 0.25) is 5.69 Å². The Morgan fingerprint density at radius 2 is 2.14 bits per heavy atom. The fraction of sp³-hybridized carbons (Fsp3) is 0.188. The second kappa shape index (κ2) is 4.57. The zero-order chi connectivity index (χ0) is 14.4.